The van der Waals surface area contributed by atoms with Crippen molar-refractivity contribution in [2.45, 2.75) is 69.7 Å². The molecular formula is C19H28N4O. The van der Waals surface area contributed by atoms with E-state index >= 15 is 0 Å². The minimum absolute atomic E-state index is 0.215. The number of amides is 1. The smallest absolute Gasteiger partial charge is 0.226 e. The maximum atomic E-state index is 12.6. The van der Waals surface area contributed by atoms with Gasteiger partial charge in [-0.05, 0) is 44.9 Å². The zero-order valence-corrected chi connectivity index (χ0v) is 14.4. The summed E-state index contributed by atoms with van der Waals surface area (Å²) < 4.78 is 2.07. The van der Waals surface area contributed by atoms with E-state index in [9.17, 15) is 4.79 Å². The zero-order valence-electron chi connectivity index (χ0n) is 14.4. The summed E-state index contributed by atoms with van der Waals surface area (Å²) in [7, 11) is 0. The van der Waals surface area contributed by atoms with E-state index in [2.05, 4.69) is 38.2 Å². The van der Waals surface area contributed by atoms with Crippen LogP contribution in [0, 0.1) is 5.92 Å². The first-order valence-corrected chi connectivity index (χ1v) is 9.67. The molecule has 1 saturated carbocycles. The van der Waals surface area contributed by atoms with Crippen LogP contribution in [0.4, 0.5) is 0 Å². The second kappa shape index (κ2) is 7.08. The number of carbonyl (C=O) groups excluding carboxylic acids is 1. The van der Waals surface area contributed by atoms with Gasteiger partial charge >= 0.3 is 0 Å². The first-order chi connectivity index (χ1) is 11.8. The highest BCUT2D eigenvalue weighted by Crippen LogP contribution is 2.33. The lowest BCUT2D eigenvalue weighted by Crippen LogP contribution is -2.42. The van der Waals surface area contributed by atoms with E-state index in [1.807, 2.05) is 0 Å². The minimum atomic E-state index is 0.215. The molecule has 0 radical (unpaired) electrons. The van der Waals surface area contributed by atoms with Crippen molar-refractivity contribution in [3.8, 4) is 0 Å². The Bertz CT molecular complexity index is 594. The van der Waals surface area contributed by atoms with Crippen LogP contribution in [0.25, 0.3) is 0 Å². The molecule has 1 aromatic rings. The van der Waals surface area contributed by atoms with Gasteiger partial charge in [-0.1, -0.05) is 30.2 Å². The Morgan fingerprint density at radius 3 is 2.54 bits per heavy atom. The van der Waals surface area contributed by atoms with Gasteiger partial charge in [-0.2, -0.15) is 0 Å². The molecule has 5 heteroatoms. The lowest BCUT2D eigenvalue weighted by molar-refractivity contribution is -0.137. The van der Waals surface area contributed by atoms with Gasteiger partial charge in [0.05, 0.1) is 11.7 Å². The van der Waals surface area contributed by atoms with Crippen molar-refractivity contribution in [2.75, 3.05) is 13.1 Å². The first-order valence-electron chi connectivity index (χ1n) is 9.67. The summed E-state index contributed by atoms with van der Waals surface area (Å²) in [6.07, 6.45) is 16.7. The Kier molecular flexibility index (Phi) is 4.67. The molecule has 130 valence electrons. The van der Waals surface area contributed by atoms with Crippen molar-refractivity contribution in [2.24, 2.45) is 5.92 Å². The molecule has 1 aromatic heterocycles. The Labute approximate surface area is 144 Å². The second-order valence-corrected chi connectivity index (χ2v) is 7.64. The Morgan fingerprint density at radius 2 is 1.83 bits per heavy atom. The molecule has 2 fully saturated rings. The SMILES string of the molecule is O=C(C1CC=CCC1)N1CCC(n2cc(C3CCCC3)nn2)CC1. The average Bonchev–Trinajstić information content (AvgIpc) is 3.33. The summed E-state index contributed by atoms with van der Waals surface area (Å²) >= 11 is 0. The van der Waals surface area contributed by atoms with Crippen LogP contribution in [0.5, 0.6) is 0 Å². The van der Waals surface area contributed by atoms with Crippen molar-refractivity contribution >= 4 is 5.91 Å². The molecule has 5 nitrogen and oxygen atoms in total. The van der Waals surface area contributed by atoms with Crippen molar-refractivity contribution in [3.05, 3.63) is 24.0 Å². The Balaban J connectivity index is 1.32. The molecule has 1 aliphatic heterocycles. The molecule has 2 heterocycles. The second-order valence-electron chi connectivity index (χ2n) is 7.64. The summed E-state index contributed by atoms with van der Waals surface area (Å²) in [5.41, 5.74) is 1.18. The highest BCUT2D eigenvalue weighted by Gasteiger charge is 2.29. The third kappa shape index (κ3) is 3.26. The summed E-state index contributed by atoms with van der Waals surface area (Å²) in [6.45, 7) is 1.73. The van der Waals surface area contributed by atoms with E-state index in [1.165, 1.54) is 31.4 Å². The topological polar surface area (TPSA) is 51.0 Å². The van der Waals surface area contributed by atoms with E-state index in [-0.39, 0.29) is 5.92 Å². The van der Waals surface area contributed by atoms with Crippen LogP contribution in [0.1, 0.15) is 75.4 Å². The highest BCUT2D eigenvalue weighted by atomic mass is 16.2. The summed E-state index contributed by atoms with van der Waals surface area (Å²) in [6, 6.07) is 0.406. The zero-order chi connectivity index (χ0) is 16.4. The van der Waals surface area contributed by atoms with Crippen LogP contribution >= 0.6 is 0 Å². The molecule has 1 amide bonds. The molecule has 1 atom stereocenters. The Morgan fingerprint density at radius 1 is 1.04 bits per heavy atom. The molecule has 2 aliphatic carbocycles. The van der Waals surface area contributed by atoms with E-state index in [0.717, 1.165) is 45.2 Å². The van der Waals surface area contributed by atoms with E-state index in [0.29, 0.717) is 17.9 Å². The quantitative estimate of drug-likeness (QED) is 0.799. The van der Waals surface area contributed by atoms with Crippen molar-refractivity contribution in [1.82, 2.24) is 19.9 Å². The molecule has 3 aliphatic rings. The van der Waals surface area contributed by atoms with Crippen LogP contribution < -0.4 is 0 Å². The number of nitrogens with zero attached hydrogens (tertiary/aromatic N) is 4. The molecule has 4 rings (SSSR count). The number of rotatable bonds is 3. The number of aromatic nitrogens is 3. The van der Waals surface area contributed by atoms with Gasteiger partial charge < -0.3 is 4.90 Å². The van der Waals surface area contributed by atoms with Gasteiger partial charge in [0, 0.05) is 31.1 Å². The largest absolute Gasteiger partial charge is 0.342 e. The normalized spacial score (nSPS) is 26.2. The molecule has 0 bridgehead atoms. The van der Waals surface area contributed by atoms with E-state index < -0.39 is 0 Å². The fraction of sp³-hybridized carbons (Fsp3) is 0.737. The van der Waals surface area contributed by atoms with Gasteiger partial charge in [-0.3, -0.25) is 4.79 Å². The third-order valence-electron chi connectivity index (χ3n) is 6.07. The molecule has 0 N–H and O–H groups in total. The predicted molar refractivity (Wildman–Crippen MR) is 92.6 cm³/mol. The fourth-order valence-electron chi connectivity index (χ4n) is 4.50. The summed E-state index contributed by atoms with van der Waals surface area (Å²) in [5, 5.41) is 8.82. The van der Waals surface area contributed by atoms with Crippen molar-refractivity contribution < 1.29 is 4.79 Å². The lowest BCUT2D eigenvalue weighted by atomic mass is 9.92. The molecule has 24 heavy (non-hydrogen) atoms. The Hall–Kier alpha value is -1.65. The summed E-state index contributed by atoms with van der Waals surface area (Å²) in [4.78, 5) is 14.7. The van der Waals surface area contributed by atoms with Crippen LogP contribution in [0.3, 0.4) is 0 Å². The van der Waals surface area contributed by atoms with Gasteiger partial charge in [0.2, 0.25) is 5.91 Å². The molecule has 1 saturated heterocycles. The van der Waals surface area contributed by atoms with E-state index in [1.54, 1.807) is 0 Å². The number of allylic oxidation sites excluding steroid dienone is 2. The molecule has 1 unspecified atom stereocenters. The fourth-order valence-corrected chi connectivity index (χ4v) is 4.50. The van der Waals surface area contributed by atoms with Crippen LogP contribution in [0.2, 0.25) is 0 Å². The first kappa shape index (κ1) is 15.9. The monoisotopic (exact) mass is 328 g/mol. The predicted octanol–water partition coefficient (Wildman–Crippen LogP) is 3.46. The minimum Gasteiger partial charge on any atom is -0.342 e. The van der Waals surface area contributed by atoms with Gasteiger partial charge in [-0.25, -0.2) is 4.68 Å². The number of likely N-dealkylation sites (tertiary alicyclic amines) is 1. The van der Waals surface area contributed by atoms with Gasteiger partial charge in [0.25, 0.3) is 0 Å². The summed E-state index contributed by atoms with van der Waals surface area (Å²) in [5.74, 6) is 1.20. The van der Waals surface area contributed by atoms with E-state index in [4.69, 9.17) is 0 Å². The molecule has 0 spiro atoms. The van der Waals surface area contributed by atoms with Crippen molar-refractivity contribution in [1.29, 1.82) is 0 Å². The number of piperidine rings is 1. The third-order valence-corrected chi connectivity index (χ3v) is 6.07. The number of hydrogen-bond donors (Lipinski definition) is 0. The number of carbonyl (C=O) groups is 1. The maximum Gasteiger partial charge on any atom is 0.226 e. The van der Waals surface area contributed by atoms with Crippen molar-refractivity contribution in [3.63, 3.8) is 0 Å². The average molecular weight is 328 g/mol. The lowest BCUT2D eigenvalue weighted by Gasteiger charge is -2.34. The highest BCUT2D eigenvalue weighted by molar-refractivity contribution is 5.79. The van der Waals surface area contributed by atoms with Crippen LogP contribution in [-0.4, -0.2) is 38.9 Å². The molecule has 0 aromatic carbocycles. The van der Waals surface area contributed by atoms with Gasteiger partial charge in [0.15, 0.2) is 0 Å². The maximum absolute atomic E-state index is 12.6. The van der Waals surface area contributed by atoms with Gasteiger partial charge in [0.1, 0.15) is 0 Å². The van der Waals surface area contributed by atoms with Crippen LogP contribution in [-0.2, 0) is 4.79 Å². The van der Waals surface area contributed by atoms with Gasteiger partial charge in [-0.15, -0.1) is 5.10 Å². The number of hydrogen-bond acceptors (Lipinski definition) is 3. The standard InChI is InChI=1S/C19H28N4O/c24-19(16-8-2-1-3-9-16)22-12-10-17(11-13-22)23-14-18(20-21-23)15-6-4-5-7-15/h1-2,14-17H,3-13H2. The molecular weight excluding hydrogens is 300 g/mol. The van der Waals surface area contributed by atoms with Crippen LogP contribution in [0.15, 0.2) is 18.3 Å².